The lowest BCUT2D eigenvalue weighted by molar-refractivity contribution is -0.114. The van der Waals surface area contributed by atoms with E-state index >= 15 is 0 Å². The van der Waals surface area contributed by atoms with Gasteiger partial charge >= 0.3 is 0 Å². The first-order valence-corrected chi connectivity index (χ1v) is 11.1. The molecule has 168 valence electrons. The van der Waals surface area contributed by atoms with E-state index in [9.17, 15) is 17.6 Å². The Bertz CT molecular complexity index is 1230. The number of para-hydroxylation sites is 1. The van der Waals surface area contributed by atoms with Gasteiger partial charge in [-0.2, -0.15) is 0 Å². The Morgan fingerprint density at radius 1 is 1.00 bits per heavy atom. The Morgan fingerprint density at radius 2 is 1.75 bits per heavy atom. The van der Waals surface area contributed by atoms with Gasteiger partial charge in [0.25, 0.3) is 10.0 Å². The lowest BCUT2D eigenvalue weighted by atomic mass is 10.2. The summed E-state index contributed by atoms with van der Waals surface area (Å²) in [5.74, 6) is -0.795. The number of aryl methyl sites for hydroxylation is 1. The van der Waals surface area contributed by atoms with E-state index in [1.54, 1.807) is 43.3 Å². The first kappa shape index (κ1) is 23.1. The number of carbonyl (C=O) groups is 1. The second-order valence-electron chi connectivity index (χ2n) is 6.90. The predicted molar refractivity (Wildman–Crippen MR) is 120 cm³/mol. The molecule has 3 rings (SSSR count). The van der Waals surface area contributed by atoms with E-state index in [0.29, 0.717) is 11.3 Å². The van der Waals surface area contributed by atoms with Crippen LogP contribution in [0, 0.1) is 12.7 Å². The molecule has 0 heterocycles. The summed E-state index contributed by atoms with van der Waals surface area (Å²) in [5, 5.41) is 2.42. The highest BCUT2D eigenvalue weighted by Gasteiger charge is 2.30. The summed E-state index contributed by atoms with van der Waals surface area (Å²) in [6, 6.07) is 16.7. The monoisotopic (exact) mass is 458 g/mol. The van der Waals surface area contributed by atoms with Crippen LogP contribution in [0.25, 0.3) is 0 Å². The zero-order chi connectivity index (χ0) is 23.3. The summed E-state index contributed by atoms with van der Waals surface area (Å²) in [6.45, 7) is 1.15. The van der Waals surface area contributed by atoms with Gasteiger partial charge < -0.3 is 14.8 Å². The van der Waals surface area contributed by atoms with Gasteiger partial charge in [-0.05, 0) is 48.9 Å². The summed E-state index contributed by atoms with van der Waals surface area (Å²) >= 11 is 0. The fourth-order valence-corrected chi connectivity index (χ4v) is 4.72. The largest absolute Gasteiger partial charge is 0.497 e. The molecule has 0 aliphatic carbocycles. The van der Waals surface area contributed by atoms with Crippen LogP contribution in [-0.4, -0.2) is 35.1 Å². The summed E-state index contributed by atoms with van der Waals surface area (Å²) in [6.07, 6.45) is 0. The molecule has 32 heavy (non-hydrogen) atoms. The van der Waals surface area contributed by atoms with Crippen molar-refractivity contribution in [1.29, 1.82) is 0 Å². The van der Waals surface area contributed by atoms with E-state index in [4.69, 9.17) is 9.47 Å². The molecule has 3 aromatic rings. The van der Waals surface area contributed by atoms with Crippen molar-refractivity contribution in [1.82, 2.24) is 0 Å². The first-order chi connectivity index (χ1) is 15.3. The molecule has 0 aliphatic heterocycles. The number of anilines is 2. The van der Waals surface area contributed by atoms with Crippen molar-refractivity contribution in [3.8, 4) is 11.5 Å². The SMILES string of the molecule is COc1cccc(N(CC(=O)Nc2ccccc2F)S(=O)(=O)c2cc(C)ccc2OC)c1. The molecule has 7 nitrogen and oxygen atoms in total. The third-order valence-electron chi connectivity index (χ3n) is 4.66. The maximum Gasteiger partial charge on any atom is 0.268 e. The number of ether oxygens (including phenoxy) is 2. The third kappa shape index (κ3) is 5.00. The Kier molecular flexibility index (Phi) is 6.99. The van der Waals surface area contributed by atoms with Crippen LogP contribution >= 0.6 is 0 Å². The minimum atomic E-state index is -4.24. The van der Waals surface area contributed by atoms with Gasteiger partial charge in [0.1, 0.15) is 28.8 Å². The maximum absolute atomic E-state index is 14.0. The number of rotatable bonds is 8. The molecule has 0 unspecified atom stereocenters. The Balaban J connectivity index is 2.05. The Hall–Kier alpha value is -3.59. The Morgan fingerprint density at radius 3 is 2.44 bits per heavy atom. The molecule has 0 saturated carbocycles. The summed E-state index contributed by atoms with van der Waals surface area (Å²) in [4.78, 5) is 12.7. The summed E-state index contributed by atoms with van der Waals surface area (Å²) < 4.78 is 52.7. The second kappa shape index (κ2) is 9.69. The Labute approximate surface area is 186 Å². The predicted octanol–water partition coefficient (Wildman–Crippen LogP) is 3.99. The number of halogens is 1. The number of benzene rings is 3. The van der Waals surface area contributed by atoms with Crippen molar-refractivity contribution in [2.24, 2.45) is 0 Å². The van der Waals surface area contributed by atoms with Gasteiger partial charge in [-0.25, -0.2) is 12.8 Å². The molecule has 0 radical (unpaired) electrons. The van der Waals surface area contributed by atoms with E-state index in [1.165, 1.54) is 44.6 Å². The summed E-state index contributed by atoms with van der Waals surface area (Å²) in [7, 11) is -1.43. The van der Waals surface area contributed by atoms with Gasteiger partial charge in [0.2, 0.25) is 5.91 Å². The van der Waals surface area contributed by atoms with Crippen molar-refractivity contribution < 1.29 is 27.1 Å². The van der Waals surface area contributed by atoms with Crippen molar-refractivity contribution >= 4 is 27.3 Å². The fraction of sp³-hybridized carbons (Fsp3) is 0.174. The van der Waals surface area contributed by atoms with Crippen molar-refractivity contribution in [2.75, 3.05) is 30.4 Å². The number of nitrogens with one attached hydrogen (secondary N) is 1. The van der Waals surface area contributed by atoms with Gasteiger partial charge in [-0.15, -0.1) is 0 Å². The molecule has 0 spiro atoms. The van der Waals surface area contributed by atoms with Gasteiger partial charge in [-0.3, -0.25) is 9.10 Å². The lowest BCUT2D eigenvalue weighted by Crippen LogP contribution is -2.38. The van der Waals surface area contributed by atoms with Crippen LogP contribution in [-0.2, 0) is 14.8 Å². The molecule has 0 atom stereocenters. The maximum atomic E-state index is 14.0. The van der Waals surface area contributed by atoms with Crippen LogP contribution in [0.3, 0.4) is 0 Å². The molecule has 3 aromatic carbocycles. The molecule has 0 aliphatic rings. The number of nitrogens with zero attached hydrogens (tertiary/aromatic N) is 1. The van der Waals surface area contributed by atoms with Gasteiger partial charge in [0, 0.05) is 6.07 Å². The van der Waals surface area contributed by atoms with Crippen LogP contribution < -0.4 is 19.1 Å². The third-order valence-corrected chi connectivity index (χ3v) is 6.46. The van der Waals surface area contributed by atoms with E-state index in [-0.39, 0.29) is 22.0 Å². The fourth-order valence-electron chi connectivity index (χ4n) is 3.07. The first-order valence-electron chi connectivity index (χ1n) is 9.62. The number of hydrogen-bond acceptors (Lipinski definition) is 5. The molecule has 1 N–H and O–H groups in total. The minimum Gasteiger partial charge on any atom is -0.497 e. The number of amides is 1. The average Bonchev–Trinajstić information content (AvgIpc) is 2.79. The minimum absolute atomic E-state index is 0.0476. The van der Waals surface area contributed by atoms with Gasteiger partial charge in [0.15, 0.2) is 0 Å². The molecular weight excluding hydrogens is 435 g/mol. The van der Waals surface area contributed by atoms with Crippen LogP contribution in [0.2, 0.25) is 0 Å². The van der Waals surface area contributed by atoms with Crippen LogP contribution in [0.5, 0.6) is 11.5 Å². The van der Waals surface area contributed by atoms with Gasteiger partial charge in [-0.1, -0.05) is 24.3 Å². The molecule has 0 saturated heterocycles. The highest BCUT2D eigenvalue weighted by Crippen LogP contribution is 2.32. The zero-order valence-electron chi connectivity index (χ0n) is 17.8. The molecular formula is C23H23FN2O5S. The van der Waals surface area contributed by atoms with Crippen molar-refractivity contribution in [2.45, 2.75) is 11.8 Å². The molecule has 1 amide bonds. The van der Waals surface area contributed by atoms with E-state index < -0.39 is 28.3 Å². The van der Waals surface area contributed by atoms with Gasteiger partial charge in [0.05, 0.1) is 25.6 Å². The number of hydrogen-bond donors (Lipinski definition) is 1. The van der Waals surface area contributed by atoms with E-state index in [2.05, 4.69) is 5.32 Å². The van der Waals surface area contributed by atoms with Crippen LogP contribution in [0.4, 0.5) is 15.8 Å². The number of sulfonamides is 1. The van der Waals surface area contributed by atoms with Crippen molar-refractivity contribution in [3.63, 3.8) is 0 Å². The lowest BCUT2D eigenvalue weighted by Gasteiger charge is -2.25. The number of carbonyl (C=O) groups excluding carboxylic acids is 1. The standard InChI is InChI=1S/C23H23FN2O5S/c1-16-11-12-21(31-3)22(13-16)32(28,29)26(17-7-6-8-18(14-17)30-2)15-23(27)25-20-10-5-4-9-19(20)24/h4-14H,15H2,1-3H3,(H,25,27). The summed E-state index contributed by atoms with van der Waals surface area (Å²) in [5.41, 5.74) is 0.857. The van der Waals surface area contributed by atoms with E-state index in [0.717, 1.165) is 4.31 Å². The highest BCUT2D eigenvalue weighted by molar-refractivity contribution is 7.93. The molecule has 9 heteroatoms. The smallest absolute Gasteiger partial charge is 0.268 e. The normalized spacial score (nSPS) is 11.0. The zero-order valence-corrected chi connectivity index (χ0v) is 18.6. The molecule has 0 aromatic heterocycles. The molecule has 0 bridgehead atoms. The second-order valence-corrected chi connectivity index (χ2v) is 8.73. The van der Waals surface area contributed by atoms with Crippen LogP contribution in [0.1, 0.15) is 5.56 Å². The van der Waals surface area contributed by atoms with Crippen LogP contribution in [0.15, 0.2) is 71.6 Å². The topological polar surface area (TPSA) is 84.9 Å². The number of methoxy groups -OCH3 is 2. The van der Waals surface area contributed by atoms with E-state index in [1.807, 2.05) is 0 Å². The molecule has 0 fully saturated rings. The highest BCUT2D eigenvalue weighted by atomic mass is 32.2. The van der Waals surface area contributed by atoms with Crippen molar-refractivity contribution in [3.05, 3.63) is 78.1 Å². The quantitative estimate of drug-likeness (QED) is 0.552. The average molecular weight is 459 g/mol.